The summed E-state index contributed by atoms with van der Waals surface area (Å²) in [6.07, 6.45) is 0. The molecule has 3 heterocycles. The normalized spacial score (nSPS) is 12.1. The SMILES string of the molecule is c1ccc(-c2c(-c3c4ccccc4c(-c4cccc5sc6ccccc6c45)c4ccccc34)oc3c2ccc2c4ccccc4oc23)cc1. The van der Waals surface area contributed by atoms with Gasteiger partial charge in [-0.15, -0.1) is 11.3 Å². The summed E-state index contributed by atoms with van der Waals surface area (Å²) in [5.74, 6) is 0.854. The first-order chi connectivity index (χ1) is 24.3. The molecule has 0 fully saturated rings. The third-order valence-corrected chi connectivity index (χ3v) is 11.2. The van der Waals surface area contributed by atoms with E-state index in [1.165, 1.54) is 42.1 Å². The van der Waals surface area contributed by atoms with Gasteiger partial charge < -0.3 is 8.83 Å². The minimum Gasteiger partial charge on any atom is -0.452 e. The number of rotatable bonds is 3. The second-order valence-electron chi connectivity index (χ2n) is 12.7. The van der Waals surface area contributed by atoms with Crippen molar-refractivity contribution in [2.75, 3.05) is 0 Å². The molecule has 3 aromatic heterocycles. The lowest BCUT2D eigenvalue weighted by atomic mass is 9.85. The number of thiophene rings is 1. The Kier molecular flexibility index (Phi) is 5.57. The van der Waals surface area contributed by atoms with E-state index in [9.17, 15) is 0 Å². The van der Waals surface area contributed by atoms with Crippen LogP contribution in [0.15, 0.2) is 167 Å². The predicted octanol–water partition coefficient (Wildman–Crippen LogP) is 14.0. The molecule has 0 aliphatic rings. The third-order valence-electron chi connectivity index (χ3n) is 10.1. The van der Waals surface area contributed by atoms with Gasteiger partial charge in [-0.25, -0.2) is 0 Å². The molecule has 0 atom stereocenters. The van der Waals surface area contributed by atoms with Crippen molar-refractivity contribution in [1.82, 2.24) is 0 Å². The average Bonchev–Trinajstić information content (AvgIpc) is 3.85. The van der Waals surface area contributed by atoms with Crippen LogP contribution in [0.3, 0.4) is 0 Å². The van der Waals surface area contributed by atoms with Gasteiger partial charge in [0, 0.05) is 47.5 Å². The molecule has 0 unspecified atom stereocenters. The molecule has 11 rings (SSSR count). The van der Waals surface area contributed by atoms with Crippen LogP contribution < -0.4 is 0 Å². The molecule has 2 nitrogen and oxygen atoms in total. The lowest BCUT2D eigenvalue weighted by Crippen LogP contribution is -1.91. The molecule has 0 radical (unpaired) electrons. The Labute approximate surface area is 285 Å². The Morgan fingerprint density at radius 1 is 0.347 bits per heavy atom. The van der Waals surface area contributed by atoms with E-state index in [1.54, 1.807) is 0 Å². The van der Waals surface area contributed by atoms with Crippen molar-refractivity contribution in [3.05, 3.63) is 158 Å². The van der Waals surface area contributed by atoms with Crippen molar-refractivity contribution < 1.29 is 8.83 Å². The van der Waals surface area contributed by atoms with Crippen LogP contribution in [0.25, 0.3) is 108 Å². The zero-order chi connectivity index (χ0) is 32.1. The summed E-state index contributed by atoms with van der Waals surface area (Å²) in [6, 6.07) is 56.4. The number of hydrogen-bond donors (Lipinski definition) is 0. The topological polar surface area (TPSA) is 26.3 Å². The summed E-state index contributed by atoms with van der Waals surface area (Å²) in [4.78, 5) is 0. The summed E-state index contributed by atoms with van der Waals surface area (Å²) in [5.41, 5.74) is 8.20. The fourth-order valence-electron chi connectivity index (χ4n) is 8.05. The molecule has 3 heteroatoms. The highest BCUT2D eigenvalue weighted by molar-refractivity contribution is 7.25. The summed E-state index contributed by atoms with van der Waals surface area (Å²) in [6.45, 7) is 0. The summed E-state index contributed by atoms with van der Waals surface area (Å²) >= 11 is 1.86. The first kappa shape index (κ1) is 26.9. The molecule has 8 aromatic carbocycles. The molecule has 49 heavy (non-hydrogen) atoms. The molecular formula is C46H26O2S. The van der Waals surface area contributed by atoms with Crippen LogP contribution in [0.2, 0.25) is 0 Å². The standard InChI is InChI=1S/C46H26O2S/c1-2-13-27(14-3-1)40-36-26-25-33-28-15-8-10-22-37(28)47-44(33)45(36)48-46(40)43-31-18-6-4-16-29(31)41(30-17-5-7-19-32(30)43)35-21-12-24-39-42(35)34-20-9-11-23-38(34)49-39/h1-26H. The number of furan rings is 2. The smallest absolute Gasteiger partial charge is 0.178 e. The van der Waals surface area contributed by atoms with Gasteiger partial charge in [-0.2, -0.15) is 0 Å². The molecule has 228 valence electrons. The predicted molar refractivity (Wildman–Crippen MR) is 208 cm³/mol. The summed E-state index contributed by atoms with van der Waals surface area (Å²) in [7, 11) is 0. The maximum atomic E-state index is 7.17. The zero-order valence-corrected chi connectivity index (χ0v) is 27.1. The van der Waals surface area contributed by atoms with E-state index >= 15 is 0 Å². The van der Waals surface area contributed by atoms with Crippen LogP contribution in [-0.2, 0) is 0 Å². The van der Waals surface area contributed by atoms with E-state index in [0.29, 0.717) is 0 Å². The van der Waals surface area contributed by atoms with Crippen molar-refractivity contribution in [1.29, 1.82) is 0 Å². The van der Waals surface area contributed by atoms with Crippen molar-refractivity contribution in [3.63, 3.8) is 0 Å². The number of para-hydroxylation sites is 1. The first-order valence-corrected chi connectivity index (χ1v) is 17.4. The van der Waals surface area contributed by atoms with Gasteiger partial charge in [-0.1, -0.05) is 127 Å². The quantitative estimate of drug-likeness (QED) is 0.179. The second kappa shape index (κ2) is 10.2. The fourth-order valence-corrected chi connectivity index (χ4v) is 9.18. The van der Waals surface area contributed by atoms with E-state index in [4.69, 9.17) is 8.83 Å². The van der Waals surface area contributed by atoms with E-state index < -0.39 is 0 Å². The highest BCUT2D eigenvalue weighted by Crippen LogP contribution is 2.52. The lowest BCUT2D eigenvalue weighted by Gasteiger charge is -2.18. The molecule has 0 bridgehead atoms. The molecule has 0 aliphatic heterocycles. The van der Waals surface area contributed by atoms with E-state index in [1.807, 2.05) is 23.5 Å². The van der Waals surface area contributed by atoms with Crippen molar-refractivity contribution in [2.45, 2.75) is 0 Å². The first-order valence-electron chi connectivity index (χ1n) is 16.6. The zero-order valence-electron chi connectivity index (χ0n) is 26.2. The van der Waals surface area contributed by atoms with Gasteiger partial charge in [0.1, 0.15) is 11.3 Å². The fraction of sp³-hybridized carbons (Fsp3) is 0. The summed E-state index contributed by atoms with van der Waals surface area (Å²) < 4.78 is 16.3. The minimum absolute atomic E-state index is 0.773. The molecule has 11 aromatic rings. The Morgan fingerprint density at radius 2 is 0.918 bits per heavy atom. The van der Waals surface area contributed by atoms with E-state index in [-0.39, 0.29) is 0 Å². The van der Waals surface area contributed by atoms with Crippen LogP contribution in [0.4, 0.5) is 0 Å². The van der Waals surface area contributed by atoms with Gasteiger partial charge in [0.25, 0.3) is 0 Å². The number of fused-ring (bicyclic) bond motifs is 10. The van der Waals surface area contributed by atoms with Crippen molar-refractivity contribution in [2.24, 2.45) is 0 Å². The van der Waals surface area contributed by atoms with Gasteiger partial charge in [-0.3, -0.25) is 0 Å². The second-order valence-corrected chi connectivity index (χ2v) is 13.8. The Morgan fingerprint density at radius 3 is 1.67 bits per heavy atom. The highest BCUT2D eigenvalue weighted by Gasteiger charge is 2.26. The minimum atomic E-state index is 0.773. The molecule has 0 saturated carbocycles. The lowest BCUT2D eigenvalue weighted by molar-refractivity contribution is 0.613. The van der Waals surface area contributed by atoms with Gasteiger partial charge >= 0.3 is 0 Å². The van der Waals surface area contributed by atoms with Gasteiger partial charge in [0.15, 0.2) is 11.2 Å². The Balaban J connectivity index is 1.31. The van der Waals surface area contributed by atoms with Crippen molar-refractivity contribution >= 4 is 86.0 Å². The molecule has 0 N–H and O–H groups in total. The highest BCUT2D eigenvalue weighted by atomic mass is 32.1. The largest absolute Gasteiger partial charge is 0.452 e. The molecule has 0 saturated heterocycles. The van der Waals surface area contributed by atoms with E-state index in [0.717, 1.165) is 66.1 Å². The van der Waals surface area contributed by atoms with Crippen LogP contribution in [0, 0.1) is 0 Å². The molecule has 0 spiro atoms. The van der Waals surface area contributed by atoms with Gasteiger partial charge in [0.2, 0.25) is 0 Å². The maximum Gasteiger partial charge on any atom is 0.178 e. The average molecular weight is 643 g/mol. The van der Waals surface area contributed by atoms with Crippen LogP contribution in [-0.4, -0.2) is 0 Å². The van der Waals surface area contributed by atoms with Crippen LogP contribution >= 0.6 is 11.3 Å². The Bertz CT molecular complexity index is 3050. The van der Waals surface area contributed by atoms with Crippen LogP contribution in [0.5, 0.6) is 0 Å². The van der Waals surface area contributed by atoms with Crippen LogP contribution in [0.1, 0.15) is 0 Å². The monoisotopic (exact) mass is 642 g/mol. The number of benzene rings is 8. The van der Waals surface area contributed by atoms with Gasteiger partial charge in [-0.05, 0) is 68.6 Å². The Hall–Kier alpha value is -6.16. The van der Waals surface area contributed by atoms with Gasteiger partial charge in [0.05, 0.1) is 0 Å². The third kappa shape index (κ3) is 3.76. The van der Waals surface area contributed by atoms with E-state index in [2.05, 4.69) is 146 Å². The molecular weight excluding hydrogens is 617 g/mol. The molecule has 0 aliphatic carbocycles. The number of hydrogen-bond acceptors (Lipinski definition) is 3. The van der Waals surface area contributed by atoms with Crippen molar-refractivity contribution in [3.8, 4) is 33.6 Å². The molecule has 0 amide bonds. The maximum absolute atomic E-state index is 7.17. The summed E-state index contributed by atoms with van der Waals surface area (Å²) in [5, 5.41) is 10.5.